The van der Waals surface area contributed by atoms with Crippen LogP contribution in [0.5, 0.6) is 5.75 Å². The Morgan fingerprint density at radius 2 is 1.94 bits per heavy atom. The number of rotatable bonds is 5. The van der Waals surface area contributed by atoms with E-state index in [2.05, 4.69) is 26.7 Å². The molecule has 0 saturated heterocycles. The van der Waals surface area contributed by atoms with E-state index in [1.807, 2.05) is 48.7 Å². The van der Waals surface area contributed by atoms with Crippen molar-refractivity contribution in [1.29, 1.82) is 0 Å². The van der Waals surface area contributed by atoms with Gasteiger partial charge < -0.3 is 20.5 Å². The molecule has 0 unspecified atom stereocenters. The average molecular weight is 445 g/mol. The quantitative estimate of drug-likeness (QED) is 0.217. The largest absolute Gasteiger partial charge is 0.497 e. The summed E-state index contributed by atoms with van der Waals surface area (Å²) in [6.45, 7) is 0. The summed E-state index contributed by atoms with van der Waals surface area (Å²) in [6, 6.07) is 15.4. The molecular formula is C24H20N4O3S. The van der Waals surface area contributed by atoms with Crippen LogP contribution in [0.1, 0.15) is 28.0 Å². The van der Waals surface area contributed by atoms with Gasteiger partial charge in [0.1, 0.15) is 11.5 Å². The van der Waals surface area contributed by atoms with E-state index < -0.39 is 0 Å². The summed E-state index contributed by atoms with van der Waals surface area (Å²) in [5, 5.41) is 30.7. The van der Waals surface area contributed by atoms with Crippen LogP contribution in [0.25, 0.3) is 10.1 Å². The first-order chi connectivity index (χ1) is 15.7. The van der Waals surface area contributed by atoms with E-state index in [4.69, 9.17) is 4.74 Å². The van der Waals surface area contributed by atoms with Crippen molar-refractivity contribution in [2.75, 3.05) is 12.4 Å². The van der Waals surface area contributed by atoms with Crippen LogP contribution in [0.4, 0.5) is 11.4 Å². The van der Waals surface area contributed by atoms with Crippen molar-refractivity contribution in [3.8, 4) is 5.75 Å². The van der Waals surface area contributed by atoms with Gasteiger partial charge in [-0.05, 0) is 60.9 Å². The number of aryl methyl sites for hydroxylation is 1. The van der Waals surface area contributed by atoms with Crippen LogP contribution in [0.2, 0.25) is 0 Å². The van der Waals surface area contributed by atoms with Crippen molar-refractivity contribution in [3.63, 3.8) is 0 Å². The Bertz CT molecular complexity index is 1360. The van der Waals surface area contributed by atoms with Gasteiger partial charge >= 0.3 is 0 Å². The van der Waals surface area contributed by atoms with Gasteiger partial charge in [0, 0.05) is 34.6 Å². The molecule has 8 heteroatoms. The van der Waals surface area contributed by atoms with Crippen molar-refractivity contribution in [2.24, 2.45) is 10.3 Å². The monoisotopic (exact) mass is 444 g/mol. The van der Waals surface area contributed by atoms with Gasteiger partial charge in [-0.15, -0.1) is 11.3 Å². The van der Waals surface area contributed by atoms with E-state index in [0.29, 0.717) is 11.4 Å². The first-order valence-electron chi connectivity index (χ1n) is 10.1. The maximum atomic E-state index is 9.94. The number of methoxy groups -OCH3 is 1. The summed E-state index contributed by atoms with van der Waals surface area (Å²) >= 11 is 1.51. The predicted octanol–water partition coefficient (Wildman–Crippen LogP) is 5.40. The van der Waals surface area contributed by atoms with Crippen molar-refractivity contribution >= 4 is 44.2 Å². The maximum absolute atomic E-state index is 9.94. The molecule has 2 aromatic heterocycles. The molecule has 2 heterocycles. The third-order valence-corrected chi connectivity index (χ3v) is 6.76. The summed E-state index contributed by atoms with van der Waals surface area (Å²) in [5.74, 6) is 0.730. The van der Waals surface area contributed by atoms with Gasteiger partial charge in [0.15, 0.2) is 0 Å². The van der Waals surface area contributed by atoms with Gasteiger partial charge in [-0.2, -0.15) is 0 Å². The summed E-state index contributed by atoms with van der Waals surface area (Å²) in [6.07, 6.45) is 5.12. The molecule has 32 heavy (non-hydrogen) atoms. The van der Waals surface area contributed by atoms with Gasteiger partial charge in [0.2, 0.25) is 0 Å². The summed E-state index contributed by atoms with van der Waals surface area (Å²) < 4.78 is 6.23. The number of ether oxygens (including phenoxy) is 1. The molecular weight excluding hydrogens is 424 g/mol. The molecule has 0 aliphatic heterocycles. The number of anilines is 2. The Morgan fingerprint density at radius 1 is 1.09 bits per heavy atom. The number of fused-ring (bicyclic) bond motifs is 2. The van der Waals surface area contributed by atoms with E-state index in [-0.39, 0.29) is 0 Å². The number of hydrogen-bond donors (Lipinski definition) is 3. The van der Waals surface area contributed by atoms with Crippen LogP contribution < -0.4 is 10.1 Å². The lowest BCUT2D eigenvalue weighted by atomic mass is 10.1. The minimum Gasteiger partial charge on any atom is -0.497 e. The normalized spacial score (nSPS) is 14.7. The van der Waals surface area contributed by atoms with Crippen LogP contribution in [0.15, 0.2) is 71.2 Å². The number of oxime groups is 2. The van der Waals surface area contributed by atoms with Crippen molar-refractivity contribution in [3.05, 3.63) is 82.5 Å². The third kappa shape index (κ3) is 3.44. The summed E-state index contributed by atoms with van der Waals surface area (Å²) in [5.41, 5.74) is 5.83. The van der Waals surface area contributed by atoms with Crippen molar-refractivity contribution in [2.45, 2.75) is 12.8 Å². The lowest BCUT2D eigenvalue weighted by Gasteiger charge is -2.12. The first-order valence-corrected chi connectivity index (χ1v) is 10.9. The SMILES string of the molecule is COc1ccc(/C(=N/O)c2sc3cnccc3c2Nc2ccc3c(c2)CCC3=NO)cc1. The molecule has 0 bridgehead atoms. The van der Waals surface area contributed by atoms with E-state index in [1.165, 1.54) is 11.3 Å². The molecule has 7 nitrogen and oxygen atoms in total. The molecule has 0 amide bonds. The molecule has 4 aromatic rings. The van der Waals surface area contributed by atoms with Gasteiger partial charge in [-0.3, -0.25) is 4.98 Å². The third-order valence-electron chi connectivity index (χ3n) is 5.61. The average Bonchev–Trinajstić information content (AvgIpc) is 3.41. The van der Waals surface area contributed by atoms with E-state index in [0.717, 1.165) is 61.6 Å². The minimum atomic E-state index is 0.465. The second kappa shape index (κ2) is 8.32. The fraction of sp³-hybridized carbons (Fsp3) is 0.125. The molecule has 160 valence electrons. The van der Waals surface area contributed by atoms with E-state index >= 15 is 0 Å². The number of nitrogens with zero attached hydrogens (tertiary/aromatic N) is 3. The van der Waals surface area contributed by atoms with Crippen molar-refractivity contribution in [1.82, 2.24) is 4.98 Å². The summed E-state index contributed by atoms with van der Waals surface area (Å²) in [4.78, 5) is 5.05. The highest BCUT2D eigenvalue weighted by Crippen LogP contribution is 2.39. The van der Waals surface area contributed by atoms with Crippen molar-refractivity contribution < 1.29 is 15.2 Å². The number of pyridine rings is 1. The first kappa shape index (κ1) is 20.0. The maximum Gasteiger partial charge on any atom is 0.129 e. The molecule has 1 aliphatic rings. The molecule has 0 spiro atoms. The molecule has 0 atom stereocenters. The fourth-order valence-electron chi connectivity index (χ4n) is 4.02. The zero-order valence-electron chi connectivity index (χ0n) is 17.2. The number of benzene rings is 2. The Balaban J connectivity index is 1.59. The lowest BCUT2D eigenvalue weighted by Crippen LogP contribution is -2.05. The van der Waals surface area contributed by atoms with Gasteiger partial charge in [0.05, 0.1) is 28.1 Å². The highest BCUT2D eigenvalue weighted by molar-refractivity contribution is 7.21. The van der Waals surface area contributed by atoms with Crippen LogP contribution in [0, 0.1) is 0 Å². The van der Waals surface area contributed by atoms with E-state index in [1.54, 1.807) is 13.3 Å². The molecule has 3 N–H and O–H groups in total. The Labute approximate surface area is 188 Å². The van der Waals surface area contributed by atoms with Crippen LogP contribution in [0.3, 0.4) is 0 Å². The van der Waals surface area contributed by atoms with Crippen LogP contribution in [-0.2, 0) is 6.42 Å². The highest BCUT2D eigenvalue weighted by atomic mass is 32.1. The lowest BCUT2D eigenvalue weighted by molar-refractivity contribution is 0.318. The van der Waals surface area contributed by atoms with Gasteiger partial charge in [-0.1, -0.05) is 16.4 Å². The minimum absolute atomic E-state index is 0.465. The summed E-state index contributed by atoms with van der Waals surface area (Å²) in [7, 11) is 1.61. The predicted molar refractivity (Wildman–Crippen MR) is 126 cm³/mol. The number of thiophene rings is 1. The highest BCUT2D eigenvalue weighted by Gasteiger charge is 2.22. The number of nitrogens with one attached hydrogen (secondary N) is 1. The molecule has 1 aliphatic carbocycles. The van der Waals surface area contributed by atoms with Crippen LogP contribution in [-0.4, -0.2) is 33.9 Å². The van der Waals surface area contributed by atoms with Crippen LogP contribution >= 0.6 is 11.3 Å². The fourth-order valence-corrected chi connectivity index (χ4v) is 5.15. The zero-order valence-corrected chi connectivity index (χ0v) is 18.1. The number of aromatic nitrogens is 1. The molecule has 0 fully saturated rings. The molecule has 0 radical (unpaired) electrons. The second-order valence-corrected chi connectivity index (χ2v) is 8.45. The Morgan fingerprint density at radius 3 is 2.69 bits per heavy atom. The Kier molecular flexibility index (Phi) is 5.20. The molecule has 5 rings (SSSR count). The Hall–Kier alpha value is -3.91. The molecule has 2 aromatic carbocycles. The topological polar surface area (TPSA) is 99.3 Å². The molecule has 0 saturated carbocycles. The smallest absolute Gasteiger partial charge is 0.129 e. The standard InChI is InChI=1S/C24H20N4O3S/c1-31-17-6-2-14(3-7-17)22(28-30)24-23(19-10-11-25-13-21(19)32-24)26-16-5-8-18-15(12-16)4-9-20(18)27-29/h2-3,5-8,10-13,26,29-30H,4,9H2,1H3/b27-20?,28-22-. The zero-order chi connectivity index (χ0) is 22.1. The second-order valence-electron chi connectivity index (χ2n) is 7.40. The number of hydrogen-bond acceptors (Lipinski definition) is 8. The van der Waals surface area contributed by atoms with Gasteiger partial charge in [0.25, 0.3) is 0 Å². The van der Waals surface area contributed by atoms with E-state index in [9.17, 15) is 10.4 Å². The van der Waals surface area contributed by atoms with Gasteiger partial charge in [-0.25, -0.2) is 0 Å².